The Labute approximate surface area is 166 Å². The summed E-state index contributed by atoms with van der Waals surface area (Å²) < 4.78 is 5.18. The Morgan fingerprint density at radius 2 is 1.89 bits per heavy atom. The van der Waals surface area contributed by atoms with Gasteiger partial charge in [-0.05, 0) is 60.7 Å². The number of hydrogen-bond acceptors (Lipinski definition) is 3. The van der Waals surface area contributed by atoms with Gasteiger partial charge in [-0.25, -0.2) is 0 Å². The van der Waals surface area contributed by atoms with Crippen molar-refractivity contribution >= 4 is 17.5 Å². The van der Waals surface area contributed by atoms with Crippen LogP contribution >= 0.6 is 0 Å². The molecule has 3 rings (SSSR count). The molecule has 0 aromatic heterocycles. The van der Waals surface area contributed by atoms with E-state index in [2.05, 4.69) is 18.3 Å². The third kappa shape index (κ3) is 4.35. The highest BCUT2D eigenvalue weighted by Crippen LogP contribution is 2.34. The van der Waals surface area contributed by atoms with Crippen molar-refractivity contribution in [3.8, 4) is 5.75 Å². The van der Waals surface area contributed by atoms with E-state index < -0.39 is 0 Å². The summed E-state index contributed by atoms with van der Waals surface area (Å²) in [4.78, 5) is 26.9. The van der Waals surface area contributed by atoms with E-state index in [1.807, 2.05) is 30.9 Å². The summed E-state index contributed by atoms with van der Waals surface area (Å²) in [6.45, 7) is 6.58. The van der Waals surface area contributed by atoms with Crippen LogP contribution in [-0.2, 0) is 17.8 Å². The Bertz CT molecular complexity index is 859. The normalized spacial score (nSPS) is 15.5. The number of hydrogen-bond donors (Lipinski definition) is 1. The largest absolute Gasteiger partial charge is 0.497 e. The minimum atomic E-state index is -0.0186. The molecule has 0 aliphatic carbocycles. The topological polar surface area (TPSA) is 58.6 Å². The number of benzene rings is 2. The third-order valence-electron chi connectivity index (χ3n) is 5.00. The molecule has 5 nitrogen and oxygen atoms in total. The first-order valence-electron chi connectivity index (χ1n) is 9.75. The van der Waals surface area contributed by atoms with Gasteiger partial charge in [0.05, 0.1) is 7.11 Å². The molecule has 1 heterocycles. The predicted molar refractivity (Wildman–Crippen MR) is 111 cm³/mol. The molecule has 0 fully saturated rings. The zero-order chi connectivity index (χ0) is 20.3. The van der Waals surface area contributed by atoms with E-state index in [4.69, 9.17) is 4.74 Å². The van der Waals surface area contributed by atoms with Crippen molar-refractivity contribution in [2.75, 3.05) is 12.0 Å². The van der Waals surface area contributed by atoms with Crippen LogP contribution < -0.4 is 15.0 Å². The second-order valence-corrected chi connectivity index (χ2v) is 7.79. The summed E-state index contributed by atoms with van der Waals surface area (Å²) in [7, 11) is 1.61. The third-order valence-corrected chi connectivity index (χ3v) is 5.00. The minimum Gasteiger partial charge on any atom is -0.497 e. The predicted octanol–water partition coefficient (Wildman–Crippen LogP) is 3.95. The Morgan fingerprint density at radius 1 is 1.18 bits per heavy atom. The molecule has 0 saturated carbocycles. The Balaban J connectivity index is 1.78. The van der Waals surface area contributed by atoms with Crippen LogP contribution in [0.3, 0.4) is 0 Å². The lowest BCUT2D eigenvalue weighted by atomic mass is 10.1. The summed E-state index contributed by atoms with van der Waals surface area (Å²) in [5, 5.41) is 2.96. The Hall–Kier alpha value is -2.82. The lowest BCUT2D eigenvalue weighted by molar-refractivity contribution is -0.121. The summed E-state index contributed by atoms with van der Waals surface area (Å²) >= 11 is 0. The van der Waals surface area contributed by atoms with Crippen LogP contribution in [0.25, 0.3) is 0 Å². The first kappa shape index (κ1) is 19.9. The quantitative estimate of drug-likeness (QED) is 0.826. The lowest BCUT2D eigenvalue weighted by Crippen LogP contribution is -2.35. The summed E-state index contributed by atoms with van der Waals surface area (Å²) in [6, 6.07) is 13.4. The van der Waals surface area contributed by atoms with Gasteiger partial charge < -0.3 is 15.0 Å². The van der Waals surface area contributed by atoms with E-state index in [0.717, 1.165) is 29.0 Å². The van der Waals surface area contributed by atoms with Gasteiger partial charge >= 0.3 is 0 Å². The molecule has 2 aromatic rings. The monoisotopic (exact) mass is 380 g/mol. The van der Waals surface area contributed by atoms with E-state index in [1.165, 1.54) is 0 Å². The number of nitrogens with zero attached hydrogens (tertiary/aromatic N) is 1. The number of methoxy groups -OCH3 is 1. The van der Waals surface area contributed by atoms with Crippen LogP contribution in [0, 0.1) is 5.92 Å². The van der Waals surface area contributed by atoms with Gasteiger partial charge in [-0.1, -0.05) is 26.0 Å². The highest BCUT2D eigenvalue weighted by molar-refractivity contribution is 6.07. The standard InChI is InChI=1S/C23H28N2O3/c1-15(2)11-22(26)24-14-17-5-6-19-12-16(3)25(21(19)13-17)23(27)18-7-9-20(28-4)10-8-18/h5-10,13,15-16H,11-12,14H2,1-4H3,(H,24,26). The fraction of sp³-hybridized carbons (Fsp3) is 0.391. The molecular weight excluding hydrogens is 352 g/mol. The van der Waals surface area contributed by atoms with Crippen molar-refractivity contribution in [2.45, 2.75) is 46.2 Å². The molecule has 5 heteroatoms. The number of amides is 2. The molecule has 1 aliphatic heterocycles. The van der Waals surface area contributed by atoms with Crippen molar-refractivity contribution in [1.29, 1.82) is 0 Å². The molecule has 1 unspecified atom stereocenters. The van der Waals surface area contributed by atoms with Crippen LogP contribution in [-0.4, -0.2) is 25.0 Å². The number of rotatable bonds is 6. The second kappa shape index (κ2) is 8.46. The number of nitrogens with one attached hydrogen (secondary N) is 1. The smallest absolute Gasteiger partial charge is 0.258 e. The Morgan fingerprint density at radius 3 is 2.54 bits per heavy atom. The first-order valence-corrected chi connectivity index (χ1v) is 9.75. The van der Waals surface area contributed by atoms with Gasteiger partial charge in [0.2, 0.25) is 5.91 Å². The van der Waals surface area contributed by atoms with E-state index >= 15 is 0 Å². The molecule has 1 N–H and O–H groups in total. The number of carbonyl (C=O) groups is 2. The zero-order valence-corrected chi connectivity index (χ0v) is 17.0. The zero-order valence-electron chi connectivity index (χ0n) is 17.0. The van der Waals surface area contributed by atoms with Crippen molar-refractivity contribution in [2.24, 2.45) is 5.92 Å². The molecule has 1 atom stereocenters. The number of anilines is 1. The highest BCUT2D eigenvalue weighted by Gasteiger charge is 2.31. The van der Waals surface area contributed by atoms with Gasteiger partial charge in [-0.15, -0.1) is 0 Å². The summed E-state index contributed by atoms with van der Waals surface area (Å²) in [6.07, 6.45) is 1.35. The molecule has 0 spiro atoms. The first-order chi connectivity index (χ1) is 13.4. The maximum Gasteiger partial charge on any atom is 0.258 e. The lowest BCUT2D eigenvalue weighted by Gasteiger charge is -2.23. The fourth-order valence-corrected chi connectivity index (χ4v) is 3.59. The Kier molecular flexibility index (Phi) is 6.02. The molecule has 2 aromatic carbocycles. The van der Waals surface area contributed by atoms with E-state index in [0.29, 0.717) is 24.4 Å². The SMILES string of the molecule is COc1ccc(C(=O)N2c3cc(CNC(=O)CC(C)C)ccc3CC2C)cc1. The molecule has 0 bridgehead atoms. The average Bonchev–Trinajstić information content (AvgIpc) is 3.00. The maximum atomic E-state index is 13.1. The molecule has 148 valence electrons. The van der Waals surface area contributed by atoms with Crippen LogP contribution in [0.15, 0.2) is 42.5 Å². The fourth-order valence-electron chi connectivity index (χ4n) is 3.59. The highest BCUT2D eigenvalue weighted by atomic mass is 16.5. The van der Waals surface area contributed by atoms with Crippen molar-refractivity contribution in [3.63, 3.8) is 0 Å². The van der Waals surface area contributed by atoms with Gasteiger partial charge in [0.1, 0.15) is 5.75 Å². The molecule has 2 amide bonds. The molecule has 0 radical (unpaired) electrons. The van der Waals surface area contributed by atoms with Crippen molar-refractivity contribution in [3.05, 3.63) is 59.2 Å². The number of fused-ring (bicyclic) bond motifs is 1. The second-order valence-electron chi connectivity index (χ2n) is 7.79. The van der Waals surface area contributed by atoms with Crippen LogP contribution in [0.2, 0.25) is 0 Å². The number of ether oxygens (including phenoxy) is 1. The van der Waals surface area contributed by atoms with Crippen molar-refractivity contribution < 1.29 is 14.3 Å². The van der Waals surface area contributed by atoms with Gasteiger partial charge in [0, 0.05) is 30.3 Å². The molecule has 1 aliphatic rings. The molecule has 0 saturated heterocycles. The average molecular weight is 380 g/mol. The van der Waals surface area contributed by atoms with E-state index in [-0.39, 0.29) is 17.9 Å². The molecule has 28 heavy (non-hydrogen) atoms. The van der Waals surface area contributed by atoms with Crippen LogP contribution in [0.4, 0.5) is 5.69 Å². The maximum absolute atomic E-state index is 13.1. The summed E-state index contributed by atoms with van der Waals surface area (Å²) in [5.74, 6) is 1.09. The van der Waals surface area contributed by atoms with Crippen molar-refractivity contribution in [1.82, 2.24) is 5.32 Å². The van der Waals surface area contributed by atoms with E-state index in [1.54, 1.807) is 31.4 Å². The van der Waals surface area contributed by atoms with Gasteiger partial charge in [-0.3, -0.25) is 9.59 Å². The van der Waals surface area contributed by atoms with Crippen LogP contribution in [0.5, 0.6) is 5.75 Å². The minimum absolute atomic E-state index is 0.0186. The van der Waals surface area contributed by atoms with Gasteiger partial charge in [-0.2, -0.15) is 0 Å². The molecular formula is C23H28N2O3. The van der Waals surface area contributed by atoms with Crippen LogP contribution in [0.1, 0.15) is 48.7 Å². The van der Waals surface area contributed by atoms with E-state index in [9.17, 15) is 9.59 Å². The summed E-state index contributed by atoms with van der Waals surface area (Å²) in [5.41, 5.74) is 3.73. The van der Waals surface area contributed by atoms with Gasteiger partial charge in [0.25, 0.3) is 5.91 Å². The number of carbonyl (C=O) groups excluding carboxylic acids is 2. The van der Waals surface area contributed by atoms with Gasteiger partial charge in [0.15, 0.2) is 0 Å².